The summed E-state index contributed by atoms with van der Waals surface area (Å²) in [6.07, 6.45) is 1.02. The van der Waals surface area contributed by atoms with Gasteiger partial charge in [-0.25, -0.2) is 0 Å². The zero-order valence-corrected chi connectivity index (χ0v) is 13.5. The monoisotopic (exact) mass is 326 g/mol. The van der Waals surface area contributed by atoms with Crippen molar-refractivity contribution < 1.29 is 19.3 Å². The van der Waals surface area contributed by atoms with Crippen LogP contribution in [0.1, 0.15) is 11.1 Å². The van der Waals surface area contributed by atoms with E-state index in [4.69, 9.17) is 14.2 Å². The van der Waals surface area contributed by atoms with Crippen LogP contribution in [0.15, 0.2) is 72.5 Å². The molecule has 0 amide bonds. The fraction of sp³-hybridized carbons (Fsp3) is 0.300. The Morgan fingerprint density at radius 1 is 0.875 bits per heavy atom. The highest BCUT2D eigenvalue weighted by atomic mass is 16.6. The highest BCUT2D eigenvalue weighted by Gasteiger charge is 2.30. The lowest BCUT2D eigenvalue weighted by atomic mass is 10.0. The Bertz CT molecular complexity index is 639. The maximum absolute atomic E-state index is 9.58. The standard InChI is InChI=1S/C20H22O4/c21-11-18-14-22-15-19(23-12-16-7-3-1-4-8-16)20(18)24-13-17-9-5-2-6-10-17/h1-10,14,19-21H,11-13,15H2/t19-,20+/m1/s1. The third-order valence-corrected chi connectivity index (χ3v) is 3.96. The fourth-order valence-electron chi connectivity index (χ4n) is 2.66. The van der Waals surface area contributed by atoms with Gasteiger partial charge >= 0.3 is 0 Å². The van der Waals surface area contributed by atoms with Crippen molar-refractivity contribution in [2.45, 2.75) is 25.4 Å². The van der Waals surface area contributed by atoms with Crippen LogP contribution in [0.4, 0.5) is 0 Å². The minimum Gasteiger partial charge on any atom is -0.498 e. The summed E-state index contributed by atoms with van der Waals surface area (Å²) < 4.78 is 17.5. The lowest BCUT2D eigenvalue weighted by Crippen LogP contribution is -2.40. The van der Waals surface area contributed by atoms with Crippen LogP contribution in [0, 0.1) is 0 Å². The van der Waals surface area contributed by atoms with Crippen molar-refractivity contribution in [1.29, 1.82) is 0 Å². The second-order valence-corrected chi connectivity index (χ2v) is 5.74. The third kappa shape index (κ3) is 4.45. The van der Waals surface area contributed by atoms with Gasteiger partial charge in [0.2, 0.25) is 0 Å². The average molecular weight is 326 g/mol. The van der Waals surface area contributed by atoms with Crippen molar-refractivity contribution in [3.05, 3.63) is 83.6 Å². The van der Waals surface area contributed by atoms with Gasteiger partial charge in [-0.1, -0.05) is 60.7 Å². The summed E-state index contributed by atoms with van der Waals surface area (Å²) in [7, 11) is 0. The van der Waals surface area contributed by atoms with Crippen molar-refractivity contribution in [2.75, 3.05) is 13.2 Å². The summed E-state index contributed by atoms with van der Waals surface area (Å²) in [6.45, 7) is 1.26. The molecule has 0 aromatic heterocycles. The lowest BCUT2D eigenvalue weighted by molar-refractivity contribution is -0.105. The number of aliphatic hydroxyl groups excluding tert-OH is 1. The first kappa shape index (κ1) is 16.7. The first-order valence-electron chi connectivity index (χ1n) is 8.09. The van der Waals surface area contributed by atoms with E-state index in [-0.39, 0.29) is 18.8 Å². The van der Waals surface area contributed by atoms with Crippen molar-refractivity contribution in [2.24, 2.45) is 0 Å². The molecular formula is C20H22O4. The van der Waals surface area contributed by atoms with Gasteiger partial charge in [-0.05, 0) is 11.1 Å². The van der Waals surface area contributed by atoms with Gasteiger partial charge in [-0.15, -0.1) is 0 Å². The van der Waals surface area contributed by atoms with Gasteiger partial charge in [0.25, 0.3) is 0 Å². The molecule has 2 atom stereocenters. The van der Waals surface area contributed by atoms with E-state index in [0.29, 0.717) is 25.4 Å². The van der Waals surface area contributed by atoms with Crippen LogP contribution in [0.2, 0.25) is 0 Å². The third-order valence-electron chi connectivity index (χ3n) is 3.96. The Balaban J connectivity index is 1.63. The normalized spacial score (nSPS) is 20.3. The molecule has 0 radical (unpaired) electrons. The fourth-order valence-corrected chi connectivity index (χ4v) is 2.66. The van der Waals surface area contributed by atoms with E-state index < -0.39 is 0 Å². The number of hydrogen-bond acceptors (Lipinski definition) is 4. The first-order valence-corrected chi connectivity index (χ1v) is 8.09. The second kappa shape index (κ2) is 8.64. The highest BCUT2D eigenvalue weighted by molar-refractivity contribution is 5.16. The van der Waals surface area contributed by atoms with Crippen molar-refractivity contribution in [1.82, 2.24) is 0 Å². The summed E-state index contributed by atoms with van der Waals surface area (Å²) in [4.78, 5) is 0. The van der Waals surface area contributed by atoms with E-state index in [2.05, 4.69) is 0 Å². The summed E-state index contributed by atoms with van der Waals surface area (Å²) in [5.41, 5.74) is 2.89. The van der Waals surface area contributed by atoms with Crippen LogP contribution in [-0.4, -0.2) is 30.5 Å². The zero-order valence-electron chi connectivity index (χ0n) is 13.5. The number of aliphatic hydroxyl groups is 1. The SMILES string of the molecule is OCC1=COC[C@@H](OCc2ccccc2)[C@H]1OCc1ccccc1. The van der Waals surface area contributed by atoms with Crippen LogP contribution in [0.5, 0.6) is 0 Å². The van der Waals surface area contributed by atoms with Crippen LogP contribution >= 0.6 is 0 Å². The van der Waals surface area contributed by atoms with Crippen molar-refractivity contribution >= 4 is 0 Å². The number of rotatable bonds is 7. The Morgan fingerprint density at radius 2 is 1.46 bits per heavy atom. The van der Waals surface area contributed by atoms with Crippen molar-refractivity contribution in [3.8, 4) is 0 Å². The molecule has 24 heavy (non-hydrogen) atoms. The van der Waals surface area contributed by atoms with E-state index >= 15 is 0 Å². The van der Waals surface area contributed by atoms with Crippen molar-refractivity contribution in [3.63, 3.8) is 0 Å². The Hall–Kier alpha value is -2.14. The minimum absolute atomic E-state index is 0.106. The molecule has 4 heteroatoms. The molecular weight excluding hydrogens is 304 g/mol. The van der Waals surface area contributed by atoms with Gasteiger partial charge in [0.05, 0.1) is 26.1 Å². The number of benzene rings is 2. The molecule has 0 saturated carbocycles. The maximum atomic E-state index is 9.58. The molecule has 4 nitrogen and oxygen atoms in total. The number of hydrogen-bond donors (Lipinski definition) is 1. The molecule has 0 aliphatic carbocycles. The molecule has 0 bridgehead atoms. The second-order valence-electron chi connectivity index (χ2n) is 5.74. The largest absolute Gasteiger partial charge is 0.498 e. The molecule has 1 N–H and O–H groups in total. The van der Waals surface area contributed by atoms with E-state index in [1.54, 1.807) is 6.26 Å². The summed E-state index contributed by atoms with van der Waals surface area (Å²) in [5.74, 6) is 0. The molecule has 0 unspecified atom stereocenters. The predicted molar refractivity (Wildman–Crippen MR) is 91.2 cm³/mol. The topological polar surface area (TPSA) is 47.9 Å². The molecule has 1 heterocycles. The highest BCUT2D eigenvalue weighted by Crippen LogP contribution is 2.22. The van der Waals surface area contributed by atoms with Crippen LogP contribution in [-0.2, 0) is 27.4 Å². The molecule has 3 rings (SSSR count). The lowest BCUT2D eigenvalue weighted by Gasteiger charge is -2.31. The van der Waals surface area contributed by atoms with Gasteiger partial charge in [-0.3, -0.25) is 0 Å². The molecule has 0 fully saturated rings. The van der Waals surface area contributed by atoms with Crippen LogP contribution in [0.25, 0.3) is 0 Å². The molecule has 1 aliphatic rings. The minimum atomic E-state index is -0.312. The molecule has 2 aromatic rings. The van der Waals surface area contributed by atoms with Crippen LogP contribution < -0.4 is 0 Å². The average Bonchev–Trinajstić information content (AvgIpc) is 2.66. The van der Waals surface area contributed by atoms with Gasteiger partial charge in [0, 0.05) is 5.57 Å². The van der Waals surface area contributed by atoms with E-state index in [0.717, 1.165) is 11.1 Å². The van der Waals surface area contributed by atoms with Gasteiger partial charge in [0.15, 0.2) is 0 Å². The smallest absolute Gasteiger partial charge is 0.122 e. The molecule has 1 aliphatic heterocycles. The zero-order chi connectivity index (χ0) is 16.6. The van der Waals surface area contributed by atoms with Gasteiger partial charge < -0.3 is 19.3 Å². The molecule has 126 valence electrons. The Kier molecular flexibility index (Phi) is 6.01. The quantitative estimate of drug-likeness (QED) is 0.849. The van der Waals surface area contributed by atoms with Gasteiger partial charge in [-0.2, -0.15) is 0 Å². The predicted octanol–water partition coefficient (Wildman–Crippen LogP) is 3.06. The number of ether oxygens (including phenoxy) is 3. The van der Waals surface area contributed by atoms with E-state index in [9.17, 15) is 5.11 Å². The van der Waals surface area contributed by atoms with Crippen LogP contribution in [0.3, 0.4) is 0 Å². The first-order chi connectivity index (χ1) is 11.9. The van der Waals surface area contributed by atoms with Gasteiger partial charge in [0.1, 0.15) is 18.8 Å². The molecule has 0 spiro atoms. The summed E-state index contributed by atoms with van der Waals surface area (Å²) in [6, 6.07) is 20.0. The van der Waals surface area contributed by atoms with E-state index in [1.807, 2.05) is 60.7 Å². The molecule has 2 aromatic carbocycles. The maximum Gasteiger partial charge on any atom is 0.122 e. The van der Waals surface area contributed by atoms with E-state index in [1.165, 1.54) is 0 Å². The Labute approximate surface area is 142 Å². The summed E-state index contributed by atoms with van der Waals surface area (Å²) in [5, 5.41) is 9.58. The molecule has 0 saturated heterocycles. The summed E-state index contributed by atoms with van der Waals surface area (Å²) >= 11 is 0. The Morgan fingerprint density at radius 3 is 2.04 bits per heavy atom.